The van der Waals surface area contributed by atoms with E-state index in [1.54, 1.807) is 7.11 Å². The smallest absolute Gasteiger partial charge is 0.150 e. The number of hydrogen-bond donors (Lipinski definition) is 0. The second kappa shape index (κ2) is 9.57. The van der Waals surface area contributed by atoms with Crippen molar-refractivity contribution in [3.05, 3.63) is 34.6 Å². The highest BCUT2D eigenvalue weighted by Gasteiger charge is 2.27. The van der Waals surface area contributed by atoms with E-state index in [1.807, 2.05) is 25.1 Å². The molecule has 0 radical (unpaired) electrons. The van der Waals surface area contributed by atoms with Gasteiger partial charge in [-0.2, -0.15) is 0 Å². The Hall–Kier alpha value is -1.85. The van der Waals surface area contributed by atoms with Crippen molar-refractivity contribution >= 4 is 17.4 Å². The van der Waals surface area contributed by atoms with Gasteiger partial charge in [0.05, 0.1) is 35.8 Å². The van der Waals surface area contributed by atoms with Gasteiger partial charge >= 0.3 is 0 Å². The van der Waals surface area contributed by atoms with Crippen molar-refractivity contribution in [2.24, 2.45) is 5.92 Å². The summed E-state index contributed by atoms with van der Waals surface area (Å²) in [5, 5.41) is 0.635. The minimum absolute atomic E-state index is 0.562. The topological polar surface area (TPSA) is 47.5 Å². The zero-order valence-electron chi connectivity index (χ0n) is 17.3. The summed E-state index contributed by atoms with van der Waals surface area (Å²) in [5.41, 5.74) is 3.79. The van der Waals surface area contributed by atoms with Gasteiger partial charge in [0.15, 0.2) is 5.82 Å². The van der Waals surface area contributed by atoms with Gasteiger partial charge in [0.1, 0.15) is 5.75 Å². The van der Waals surface area contributed by atoms with Gasteiger partial charge in [-0.25, -0.2) is 9.97 Å². The molecule has 1 fully saturated rings. The highest BCUT2D eigenvalue weighted by molar-refractivity contribution is 6.33. The van der Waals surface area contributed by atoms with Gasteiger partial charge in [-0.05, 0) is 44.4 Å². The van der Waals surface area contributed by atoms with Crippen molar-refractivity contribution in [2.75, 3.05) is 38.3 Å². The molecule has 0 N–H and O–H groups in total. The Morgan fingerprint density at radius 1 is 1.14 bits per heavy atom. The maximum Gasteiger partial charge on any atom is 0.150 e. The van der Waals surface area contributed by atoms with Gasteiger partial charge in [-0.1, -0.05) is 25.4 Å². The number of anilines is 1. The van der Waals surface area contributed by atoms with E-state index < -0.39 is 0 Å². The number of aromatic nitrogens is 2. The molecule has 0 unspecified atom stereocenters. The van der Waals surface area contributed by atoms with Crippen molar-refractivity contribution in [2.45, 2.75) is 40.0 Å². The van der Waals surface area contributed by atoms with E-state index in [9.17, 15) is 0 Å². The number of rotatable bonds is 8. The molecule has 5 nitrogen and oxygen atoms in total. The Bertz CT molecular complexity index is 813. The van der Waals surface area contributed by atoms with Crippen LogP contribution in [0.15, 0.2) is 18.2 Å². The third kappa shape index (κ3) is 4.41. The minimum atomic E-state index is 0.562. The summed E-state index contributed by atoms with van der Waals surface area (Å²) in [4.78, 5) is 12.4. The maximum atomic E-state index is 6.53. The first kappa shape index (κ1) is 20.9. The molecule has 1 atom stereocenters. The average Bonchev–Trinajstić information content (AvgIpc) is 3.20. The van der Waals surface area contributed by atoms with Crippen LogP contribution in [0.3, 0.4) is 0 Å². The van der Waals surface area contributed by atoms with Crippen molar-refractivity contribution in [3.8, 4) is 17.0 Å². The largest absolute Gasteiger partial charge is 0.497 e. The van der Waals surface area contributed by atoms with Gasteiger partial charge in [-0.15, -0.1) is 0 Å². The number of ether oxygens (including phenoxy) is 2. The van der Waals surface area contributed by atoms with Gasteiger partial charge in [0, 0.05) is 31.2 Å². The van der Waals surface area contributed by atoms with E-state index in [0.29, 0.717) is 10.9 Å². The predicted molar refractivity (Wildman–Crippen MR) is 115 cm³/mol. The Kier molecular flexibility index (Phi) is 7.13. The Morgan fingerprint density at radius 3 is 2.57 bits per heavy atom. The van der Waals surface area contributed by atoms with E-state index >= 15 is 0 Å². The lowest BCUT2D eigenvalue weighted by atomic mass is 10.1. The zero-order valence-corrected chi connectivity index (χ0v) is 18.1. The van der Waals surface area contributed by atoms with Gasteiger partial charge < -0.3 is 14.4 Å². The summed E-state index contributed by atoms with van der Waals surface area (Å²) in [7, 11) is 1.64. The fraction of sp³-hybridized carbons (Fsp3) is 0.545. The van der Waals surface area contributed by atoms with Crippen LogP contribution >= 0.6 is 11.6 Å². The quantitative estimate of drug-likeness (QED) is 0.634. The molecule has 28 heavy (non-hydrogen) atoms. The minimum Gasteiger partial charge on any atom is -0.497 e. The number of methoxy groups -OCH3 is 1. The molecule has 6 heteroatoms. The Labute approximate surface area is 173 Å². The van der Waals surface area contributed by atoms with Crippen molar-refractivity contribution in [1.82, 2.24) is 9.97 Å². The van der Waals surface area contributed by atoms with Crippen LogP contribution in [0.2, 0.25) is 5.02 Å². The lowest BCUT2D eigenvalue weighted by Crippen LogP contribution is -2.25. The molecular formula is C22H30ClN3O2. The van der Waals surface area contributed by atoms with E-state index in [0.717, 1.165) is 79.8 Å². The predicted octanol–water partition coefficient (Wildman–Crippen LogP) is 4.79. The molecule has 1 aromatic heterocycles. The molecule has 2 aromatic rings. The Morgan fingerprint density at radius 2 is 1.93 bits per heavy atom. The van der Waals surface area contributed by atoms with Crippen molar-refractivity contribution in [1.29, 1.82) is 0 Å². The third-order valence-electron chi connectivity index (χ3n) is 5.26. The number of nitrogens with zero attached hydrogens (tertiary/aromatic N) is 3. The van der Waals surface area contributed by atoms with Crippen molar-refractivity contribution < 1.29 is 9.47 Å². The summed E-state index contributed by atoms with van der Waals surface area (Å²) in [5.74, 6) is 2.32. The first-order chi connectivity index (χ1) is 13.6. The summed E-state index contributed by atoms with van der Waals surface area (Å²) in [6, 6.07) is 5.72. The van der Waals surface area contributed by atoms with Gasteiger partial charge in [-0.3, -0.25) is 0 Å². The number of aryl methyl sites for hydroxylation is 2. The van der Waals surface area contributed by atoms with E-state index in [-0.39, 0.29) is 0 Å². The molecule has 3 rings (SSSR count). The monoisotopic (exact) mass is 403 g/mol. The number of benzene rings is 1. The lowest BCUT2D eigenvalue weighted by Gasteiger charge is -2.22. The van der Waals surface area contributed by atoms with Crippen LogP contribution in [0.5, 0.6) is 5.75 Å². The average molecular weight is 404 g/mol. The lowest BCUT2D eigenvalue weighted by molar-refractivity contribution is 0.117. The second-order valence-corrected chi connectivity index (χ2v) is 7.51. The van der Waals surface area contributed by atoms with Crippen LogP contribution in [0.1, 0.15) is 38.6 Å². The fourth-order valence-electron chi connectivity index (χ4n) is 3.71. The summed E-state index contributed by atoms with van der Waals surface area (Å²) in [6.07, 6.45) is 2.77. The number of hydrogen-bond acceptors (Lipinski definition) is 5. The molecule has 0 aliphatic carbocycles. The zero-order chi connectivity index (χ0) is 20.1. The van der Waals surface area contributed by atoms with Gasteiger partial charge in [0.2, 0.25) is 0 Å². The summed E-state index contributed by atoms with van der Waals surface area (Å²) in [6.45, 7) is 9.87. The van der Waals surface area contributed by atoms with Crippen LogP contribution in [0, 0.1) is 5.92 Å². The molecule has 0 bridgehead atoms. The molecule has 2 heterocycles. The normalized spacial score (nSPS) is 16.6. The van der Waals surface area contributed by atoms with E-state index in [1.165, 1.54) is 0 Å². The van der Waals surface area contributed by atoms with Crippen LogP contribution in [0.25, 0.3) is 11.3 Å². The first-order valence-corrected chi connectivity index (χ1v) is 10.5. The molecule has 152 valence electrons. The molecule has 1 aliphatic heterocycles. The SMILES string of the molecule is CCOC[C@H]1CCN(c2nc(CC)c(-c3ccc(OC)cc3Cl)nc2CC)C1. The summed E-state index contributed by atoms with van der Waals surface area (Å²) < 4.78 is 10.9. The fourth-order valence-corrected chi connectivity index (χ4v) is 3.97. The van der Waals surface area contributed by atoms with Crippen molar-refractivity contribution in [3.63, 3.8) is 0 Å². The van der Waals surface area contributed by atoms with E-state index in [2.05, 4.69) is 18.7 Å². The molecule has 0 amide bonds. The molecule has 1 saturated heterocycles. The van der Waals surface area contributed by atoms with Crippen LogP contribution < -0.4 is 9.64 Å². The van der Waals surface area contributed by atoms with Crippen LogP contribution in [0.4, 0.5) is 5.82 Å². The molecule has 0 saturated carbocycles. The van der Waals surface area contributed by atoms with E-state index in [4.69, 9.17) is 31.0 Å². The third-order valence-corrected chi connectivity index (χ3v) is 5.58. The summed E-state index contributed by atoms with van der Waals surface area (Å²) >= 11 is 6.53. The highest BCUT2D eigenvalue weighted by Crippen LogP contribution is 2.34. The Balaban J connectivity index is 1.95. The van der Waals surface area contributed by atoms with Crippen LogP contribution in [-0.4, -0.2) is 43.4 Å². The second-order valence-electron chi connectivity index (χ2n) is 7.10. The standard InChI is InChI=1S/C22H30ClN3O2/c1-5-19-21(17-9-8-16(27-4)12-18(17)23)24-20(6-2)22(25-19)26-11-10-15(13-26)14-28-7-3/h8-9,12,15H,5-7,10-11,13-14H2,1-4H3/t15-/m0/s1. The molecule has 1 aliphatic rings. The molecule has 0 spiro atoms. The molecular weight excluding hydrogens is 374 g/mol. The number of halogens is 1. The first-order valence-electron chi connectivity index (χ1n) is 10.2. The highest BCUT2D eigenvalue weighted by atomic mass is 35.5. The van der Waals surface area contributed by atoms with Gasteiger partial charge in [0.25, 0.3) is 0 Å². The van der Waals surface area contributed by atoms with Crippen LogP contribution in [-0.2, 0) is 17.6 Å². The maximum absolute atomic E-state index is 6.53. The molecule has 1 aromatic carbocycles.